The predicted octanol–water partition coefficient (Wildman–Crippen LogP) is 2.88. The SMILES string of the molecule is CCCN1C(=O)Cc2ccccc2C1C(=O)N1CCN(c2ccc(OC)cc2)CC1. The number of ether oxygens (including phenoxy) is 1. The fourth-order valence-corrected chi connectivity index (χ4v) is 4.45. The Morgan fingerprint density at radius 1 is 1.03 bits per heavy atom. The minimum atomic E-state index is -0.505. The molecule has 158 valence electrons. The zero-order chi connectivity index (χ0) is 21.1. The van der Waals surface area contributed by atoms with Crippen LogP contribution in [-0.2, 0) is 16.0 Å². The zero-order valence-corrected chi connectivity index (χ0v) is 17.7. The third kappa shape index (κ3) is 3.86. The maximum atomic E-state index is 13.6. The highest BCUT2D eigenvalue weighted by Crippen LogP contribution is 2.32. The maximum Gasteiger partial charge on any atom is 0.250 e. The lowest BCUT2D eigenvalue weighted by atomic mass is 9.91. The largest absolute Gasteiger partial charge is 0.497 e. The Balaban J connectivity index is 1.50. The summed E-state index contributed by atoms with van der Waals surface area (Å²) in [6.07, 6.45) is 1.22. The van der Waals surface area contributed by atoms with Crippen molar-refractivity contribution in [3.05, 3.63) is 59.7 Å². The first-order valence-electron chi connectivity index (χ1n) is 10.7. The molecule has 4 rings (SSSR count). The standard InChI is InChI=1S/C24H29N3O3/c1-3-12-27-22(28)17-18-6-4-5-7-21(18)23(27)24(29)26-15-13-25(14-16-26)19-8-10-20(30-2)11-9-19/h4-11,23H,3,12-17H2,1-2H3. The Hall–Kier alpha value is -3.02. The molecular weight excluding hydrogens is 378 g/mol. The average Bonchev–Trinajstić information content (AvgIpc) is 2.79. The van der Waals surface area contributed by atoms with Gasteiger partial charge in [0.1, 0.15) is 11.8 Å². The number of methoxy groups -OCH3 is 1. The van der Waals surface area contributed by atoms with Crippen molar-refractivity contribution in [2.45, 2.75) is 25.8 Å². The van der Waals surface area contributed by atoms with Crippen molar-refractivity contribution in [1.82, 2.24) is 9.80 Å². The van der Waals surface area contributed by atoms with E-state index in [1.54, 1.807) is 12.0 Å². The van der Waals surface area contributed by atoms with E-state index < -0.39 is 6.04 Å². The number of benzene rings is 2. The second-order valence-corrected chi connectivity index (χ2v) is 7.88. The summed E-state index contributed by atoms with van der Waals surface area (Å²) in [6, 6.07) is 15.4. The van der Waals surface area contributed by atoms with Gasteiger partial charge in [0, 0.05) is 38.4 Å². The summed E-state index contributed by atoms with van der Waals surface area (Å²) in [7, 11) is 1.66. The number of carbonyl (C=O) groups excluding carboxylic acids is 2. The number of fused-ring (bicyclic) bond motifs is 1. The van der Waals surface area contributed by atoms with Crippen LogP contribution in [0.3, 0.4) is 0 Å². The number of amides is 2. The summed E-state index contributed by atoms with van der Waals surface area (Å²) in [5.41, 5.74) is 3.09. The fourth-order valence-electron chi connectivity index (χ4n) is 4.45. The van der Waals surface area contributed by atoms with Crippen LogP contribution in [0.15, 0.2) is 48.5 Å². The summed E-state index contributed by atoms with van der Waals surface area (Å²) in [5, 5.41) is 0. The molecule has 1 saturated heterocycles. The van der Waals surface area contributed by atoms with Gasteiger partial charge in [-0.3, -0.25) is 9.59 Å². The van der Waals surface area contributed by atoms with E-state index in [1.807, 2.05) is 48.2 Å². The van der Waals surface area contributed by atoms with Gasteiger partial charge in [0.2, 0.25) is 11.8 Å². The van der Waals surface area contributed by atoms with Gasteiger partial charge in [-0.2, -0.15) is 0 Å². The summed E-state index contributed by atoms with van der Waals surface area (Å²) in [4.78, 5) is 32.3. The smallest absolute Gasteiger partial charge is 0.250 e. The summed E-state index contributed by atoms with van der Waals surface area (Å²) in [5.74, 6) is 0.924. The monoisotopic (exact) mass is 407 g/mol. The Bertz CT molecular complexity index is 904. The van der Waals surface area contributed by atoms with Crippen molar-refractivity contribution >= 4 is 17.5 Å². The van der Waals surface area contributed by atoms with Gasteiger partial charge in [-0.15, -0.1) is 0 Å². The van der Waals surface area contributed by atoms with E-state index in [0.29, 0.717) is 26.1 Å². The Labute approximate surface area is 178 Å². The third-order valence-electron chi connectivity index (χ3n) is 6.05. The van der Waals surface area contributed by atoms with Gasteiger partial charge in [-0.1, -0.05) is 31.2 Å². The Morgan fingerprint density at radius 2 is 1.73 bits per heavy atom. The lowest BCUT2D eigenvalue weighted by Crippen LogP contribution is -2.54. The molecule has 6 nitrogen and oxygen atoms in total. The van der Waals surface area contributed by atoms with Gasteiger partial charge in [0.25, 0.3) is 0 Å². The molecule has 0 saturated carbocycles. The first-order valence-corrected chi connectivity index (χ1v) is 10.7. The molecule has 0 bridgehead atoms. The number of rotatable bonds is 5. The predicted molar refractivity (Wildman–Crippen MR) is 117 cm³/mol. The average molecular weight is 408 g/mol. The molecule has 2 aromatic carbocycles. The number of anilines is 1. The molecule has 2 aliphatic rings. The molecule has 2 heterocycles. The topological polar surface area (TPSA) is 53.1 Å². The van der Waals surface area contributed by atoms with Gasteiger partial charge in [-0.25, -0.2) is 0 Å². The summed E-state index contributed by atoms with van der Waals surface area (Å²) >= 11 is 0. The molecule has 2 amide bonds. The number of hydrogen-bond donors (Lipinski definition) is 0. The fraction of sp³-hybridized carbons (Fsp3) is 0.417. The van der Waals surface area contributed by atoms with Crippen molar-refractivity contribution in [1.29, 1.82) is 0 Å². The van der Waals surface area contributed by atoms with Crippen LogP contribution < -0.4 is 9.64 Å². The lowest BCUT2D eigenvalue weighted by molar-refractivity contribution is -0.147. The van der Waals surface area contributed by atoms with Crippen molar-refractivity contribution in [2.75, 3.05) is 44.7 Å². The Kier molecular flexibility index (Phi) is 5.93. The van der Waals surface area contributed by atoms with E-state index in [4.69, 9.17) is 4.74 Å². The van der Waals surface area contributed by atoms with Crippen LogP contribution in [0.2, 0.25) is 0 Å². The molecule has 2 aliphatic heterocycles. The molecule has 1 fully saturated rings. The van der Waals surface area contributed by atoms with Crippen LogP contribution in [0.5, 0.6) is 5.75 Å². The van der Waals surface area contributed by atoms with E-state index in [-0.39, 0.29) is 11.8 Å². The van der Waals surface area contributed by atoms with Crippen molar-refractivity contribution in [3.63, 3.8) is 0 Å². The highest BCUT2D eigenvalue weighted by Gasteiger charge is 2.39. The highest BCUT2D eigenvalue weighted by molar-refractivity contribution is 5.92. The van der Waals surface area contributed by atoms with Crippen molar-refractivity contribution in [2.24, 2.45) is 0 Å². The van der Waals surface area contributed by atoms with E-state index in [9.17, 15) is 9.59 Å². The second-order valence-electron chi connectivity index (χ2n) is 7.88. The second kappa shape index (κ2) is 8.78. The summed E-state index contributed by atoms with van der Waals surface area (Å²) < 4.78 is 5.24. The lowest BCUT2D eigenvalue weighted by Gasteiger charge is -2.42. The molecule has 2 aromatic rings. The van der Waals surface area contributed by atoms with E-state index in [0.717, 1.165) is 42.1 Å². The third-order valence-corrected chi connectivity index (χ3v) is 6.05. The van der Waals surface area contributed by atoms with Gasteiger partial charge >= 0.3 is 0 Å². The normalized spacial score (nSPS) is 18.9. The van der Waals surface area contributed by atoms with E-state index >= 15 is 0 Å². The van der Waals surface area contributed by atoms with Gasteiger partial charge in [0.05, 0.1) is 13.5 Å². The number of carbonyl (C=O) groups is 2. The molecule has 30 heavy (non-hydrogen) atoms. The van der Waals surface area contributed by atoms with E-state index in [2.05, 4.69) is 17.0 Å². The van der Waals surface area contributed by atoms with Gasteiger partial charge < -0.3 is 19.4 Å². The molecule has 1 atom stereocenters. The van der Waals surface area contributed by atoms with Crippen LogP contribution >= 0.6 is 0 Å². The molecule has 0 N–H and O–H groups in total. The molecule has 0 aromatic heterocycles. The van der Waals surface area contributed by atoms with Crippen LogP contribution in [0, 0.1) is 0 Å². The van der Waals surface area contributed by atoms with Crippen LogP contribution in [0.4, 0.5) is 5.69 Å². The first-order chi connectivity index (χ1) is 14.6. The van der Waals surface area contributed by atoms with E-state index in [1.165, 1.54) is 0 Å². The minimum Gasteiger partial charge on any atom is -0.497 e. The number of nitrogens with zero attached hydrogens (tertiary/aromatic N) is 3. The van der Waals surface area contributed by atoms with Gasteiger partial charge in [0.15, 0.2) is 0 Å². The number of hydrogen-bond acceptors (Lipinski definition) is 4. The first kappa shape index (κ1) is 20.3. The maximum absolute atomic E-state index is 13.6. The number of piperazine rings is 1. The quantitative estimate of drug-likeness (QED) is 0.765. The molecule has 6 heteroatoms. The molecule has 0 radical (unpaired) electrons. The molecular formula is C24H29N3O3. The van der Waals surface area contributed by atoms with Gasteiger partial charge in [-0.05, 0) is 41.8 Å². The zero-order valence-electron chi connectivity index (χ0n) is 17.7. The van der Waals surface area contributed by atoms with Crippen molar-refractivity contribution < 1.29 is 14.3 Å². The summed E-state index contributed by atoms with van der Waals surface area (Å²) in [6.45, 7) is 5.50. The molecule has 1 unspecified atom stereocenters. The Morgan fingerprint density at radius 3 is 2.40 bits per heavy atom. The minimum absolute atomic E-state index is 0.0401. The molecule has 0 aliphatic carbocycles. The van der Waals surface area contributed by atoms with Crippen molar-refractivity contribution in [3.8, 4) is 5.75 Å². The van der Waals surface area contributed by atoms with Crippen LogP contribution in [0.25, 0.3) is 0 Å². The van der Waals surface area contributed by atoms with Crippen LogP contribution in [-0.4, -0.2) is 61.4 Å². The van der Waals surface area contributed by atoms with Crippen LogP contribution in [0.1, 0.15) is 30.5 Å². The molecule has 0 spiro atoms. The highest BCUT2D eigenvalue weighted by atomic mass is 16.5.